The number of Topliss-reactive ketones (excluding diaryl/α,β-unsaturated/α-hetero) is 3. The average Bonchev–Trinajstić information content (AvgIpc) is 2.76. The van der Waals surface area contributed by atoms with Crippen molar-refractivity contribution >= 4 is 29.3 Å². The fourth-order valence-electron chi connectivity index (χ4n) is 4.20. The van der Waals surface area contributed by atoms with Gasteiger partial charge in [-0.15, -0.1) is 0 Å². The second-order valence-corrected chi connectivity index (χ2v) is 7.07. The summed E-state index contributed by atoms with van der Waals surface area (Å²) in [7, 11) is 2.12. The van der Waals surface area contributed by atoms with Gasteiger partial charge in [0.15, 0.2) is 17.3 Å². The van der Waals surface area contributed by atoms with Gasteiger partial charge in [0.1, 0.15) is 0 Å². The smallest absolute Gasteiger partial charge is 0.332 e. The molecule has 2 aromatic carbocycles. The molecule has 7 heteroatoms. The molecule has 0 fully saturated rings. The molecule has 30 heavy (non-hydrogen) atoms. The number of benzene rings is 2. The first-order valence-corrected chi connectivity index (χ1v) is 9.06. The van der Waals surface area contributed by atoms with Gasteiger partial charge >= 0.3 is 11.9 Å². The summed E-state index contributed by atoms with van der Waals surface area (Å²) in [6, 6.07) is 10.5. The molecule has 2 aliphatic rings. The molecule has 0 saturated carbocycles. The van der Waals surface area contributed by atoms with E-state index in [1.54, 1.807) is 25.1 Å². The second-order valence-electron chi connectivity index (χ2n) is 7.07. The standard InChI is InChI=1S/C23H16O7/c1-11-8-9-14-15(10-11)23(21(27)29-2,22(28)30-3)17-16(19(14)25)18(24)12-6-4-5-7-13(12)20(17)26/h4-10H,1-3H3. The SMILES string of the molecule is COC(=O)C1(C(=O)OC)C2=C(C(=O)c3ccccc3C2=O)C(=O)c2ccc(C)cc21. The van der Waals surface area contributed by atoms with Crippen LogP contribution < -0.4 is 0 Å². The van der Waals surface area contributed by atoms with E-state index >= 15 is 0 Å². The van der Waals surface area contributed by atoms with Crippen LogP contribution in [0.15, 0.2) is 53.6 Å². The Labute approximate surface area is 171 Å². The molecule has 0 aromatic heterocycles. The number of methoxy groups -OCH3 is 2. The number of aryl methyl sites for hydroxylation is 1. The second kappa shape index (κ2) is 6.59. The number of rotatable bonds is 2. The summed E-state index contributed by atoms with van der Waals surface area (Å²) in [6.45, 7) is 1.71. The molecule has 0 amide bonds. The fraction of sp³-hybridized carbons (Fsp3) is 0.174. The molecule has 2 aromatic rings. The average molecular weight is 404 g/mol. The van der Waals surface area contributed by atoms with Gasteiger partial charge in [0.25, 0.3) is 0 Å². The van der Waals surface area contributed by atoms with Crippen molar-refractivity contribution in [1.82, 2.24) is 0 Å². The van der Waals surface area contributed by atoms with Crippen LogP contribution in [0.4, 0.5) is 0 Å². The number of ketones is 3. The van der Waals surface area contributed by atoms with E-state index in [0.717, 1.165) is 14.2 Å². The lowest BCUT2D eigenvalue weighted by Gasteiger charge is -2.38. The minimum atomic E-state index is -2.39. The summed E-state index contributed by atoms with van der Waals surface area (Å²) in [5.41, 5.74) is -2.82. The summed E-state index contributed by atoms with van der Waals surface area (Å²) in [5.74, 6) is -4.44. The molecule has 0 atom stereocenters. The predicted molar refractivity (Wildman–Crippen MR) is 103 cm³/mol. The Morgan fingerprint density at radius 3 is 1.87 bits per heavy atom. The number of hydrogen-bond donors (Lipinski definition) is 0. The Hall–Kier alpha value is -3.87. The quantitative estimate of drug-likeness (QED) is 0.429. The van der Waals surface area contributed by atoms with Crippen molar-refractivity contribution in [2.24, 2.45) is 0 Å². The lowest BCUT2D eigenvalue weighted by Crippen LogP contribution is -2.54. The molecule has 0 heterocycles. The van der Waals surface area contributed by atoms with Gasteiger partial charge < -0.3 is 9.47 Å². The Kier molecular flexibility index (Phi) is 4.27. The molecule has 7 nitrogen and oxygen atoms in total. The van der Waals surface area contributed by atoms with E-state index in [9.17, 15) is 24.0 Å². The summed E-state index contributed by atoms with van der Waals surface area (Å²) in [4.78, 5) is 66.4. The summed E-state index contributed by atoms with van der Waals surface area (Å²) >= 11 is 0. The minimum Gasteiger partial charge on any atom is -0.468 e. The molecule has 0 aliphatic heterocycles. The Bertz CT molecular complexity index is 1200. The molecule has 4 rings (SSSR count). The van der Waals surface area contributed by atoms with Crippen molar-refractivity contribution in [1.29, 1.82) is 0 Å². The zero-order chi connectivity index (χ0) is 21.8. The molecule has 0 radical (unpaired) electrons. The van der Waals surface area contributed by atoms with Crippen LogP contribution in [-0.2, 0) is 24.5 Å². The highest BCUT2D eigenvalue weighted by Crippen LogP contribution is 2.47. The van der Waals surface area contributed by atoms with Gasteiger partial charge in [0, 0.05) is 22.3 Å². The number of allylic oxidation sites excluding steroid dienone is 1. The van der Waals surface area contributed by atoms with Gasteiger partial charge in [0.05, 0.1) is 19.8 Å². The first kappa shape index (κ1) is 19.4. The Balaban J connectivity index is 2.21. The molecule has 0 unspecified atom stereocenters. The van der Waals surface area contributed by atoms with Gasteiger partial charge in [-0.05, 0) is 12.5 Å². The molecular formula is C23H16O7. The van der Waals surface area contributed by atoms with Crippen LogP contribution >= 0.6 is 0 Å². The third kappa shape index (κ3) is 2.23. The summed E-state index contributed by atoms with van der Waals surface area (Å²) < 4.78 is 9.84. The van der Waals surface area contributed by atoms with Crippen LogP contribution in [0.25, 0.3) is 0 Å². The van der Waals surface area contributed by atoms with Crippen molar-refractivity contribution in [3.63, 3.8) is 0 Å². The Morgan fingerprint density at radius 1 is 0.767 bits per heavy atom. The third-order valence-electron chi connectivity index (χ3n) is 5.53. The minimum absolute atomic E-state index is 0.00216. The molecule has 0 saturated heterocycles. The van der Waals surface area contributed by atoms with Gasteiger partial charge in [0.2, 0.25) is 5.41 Å². The fourth-order valence-corrected chi connectivity index (χ4v) is 4.20. The largest absolute Gasteiger partial charge is 0.468 e. The van der Waals surface area contributed by atoms with E-state index in [-0.39, 0.29) is 22.3 Å². The van der Waals surface area contributed by atoms with E-state index in [4.69, 9.17) is 9.47 Å². The van der Waals surface area contributed by atoms with Gasteiger partial charge in [-0.3, -0.25) is 24.0 Å². The highest BCUT2D eigenvalue weighted by molar-refractivity contribution is 6.44. The normalized spacial score (nSPS) is 16.4. The number of hydrogen-bond acceptors (Lipinski definition) is 7. The van der Waals surface area contributed by atoms with Crippen LogP contribution in [0.2, 0.25) is 0 Å². The highest BCUT2D eigenvalue weighted by Gasteiger charge is 2.62. The van der Waals surface area contributed by atoms with Crippen molar-refractivity contribution in [2.75, 3.05) is 14.2 Å². The van der Waals surface area contributed by atoms with E-state index in [2.05, 4.69) is 0 Å². The predicted octanol–water partition coefficient (Wildman–Crippen LogP) is 2.15. The maximum Gasteiger partial charge on any atom is 0.332 e. The van der Waals surface area contributed by atoms with Crippen LogP contribution in [-0.4, -0.2) is 43.5 Å². The van der Waals surface area contributed by atoms with E-state index in [1.807, 2.05) is 0 Å². The molecule has 2 aliphatic carbocycles. The van der Waals surface area contributed by atoms with Crippen molar-refractivity contribution in [2.45, 2.75) is 12.3 Å². The number of carbonyl (C=O) groups excluding carboxylic acids is 5. The molecule has 0 N–H and O–H groups in total. The Morgan fingerprint density at radius 2 is 1.30 bits per heavy atom. The molecule has 0 bridgehead atoms. The van der Waals surface area contributed by atoms with E-state index in [0.29, 0.717) is 5.56 Å². The topological polar surface area (TPSA) is 104 Å². The van der Waals surface area contributed by atoms with Crippen LogP contribution in [0, 0.1) is 6.92 Å². The number of fused-ring (bicyclic) bond motifs is 2. The van der Waals surface area contributed by atoms with E-state index in [1.165, 1.54) is 24.3 Å². The van der Waals surface area contributed by atoms with Gasteiger partial charge in [-0.2, -0.15) is 0 Å². The monoisotopic (exact) mass is 404 g/mol. The number of esters is 2. The van der Waals surface area contributed by atoms with Crippen molar-refractivity contribution in [3.8, 4) is 0 Å². The number of ether oxygens (including phenoxy) is 2. The van der Waals surface area contributed by atoms with Crippen molar-refractivity contribution < 1.29 is 33.4 Å². The van der Waals surface area contributed by atoms with E-state index < -0.39 is 45.8 Å². The van der Waals surface area contributed by atoms with Gasteiger partial charge in [-0.1, -0.05) is 48.0 Å². The van der Waals surface area contributed by atoms with Gasteiger partial charge in [-0.25, -0.2) is 0 Å². The highest BCUT2D eigenvalue weighted by atomic mass is 16.5. The van der Waals surface area contributed by atoms with Crippen LogP contribution in [0.1, 0.15) is 42.2 Å². The maximum absolute atomic E-state index is 13.5. The zero-order valence-electron chi connectivity index (χ0n) is 16.4. The molecule has 0 spiro atoms. The third-order valence-corrected chi connectivity index (χ3v) is 5.53. The maximum atomic E-state index is 13.5. The van der Waals surface area contributed by atoms with Crippen LogP contribution in [0.5, 0.6) is 0 Å². The zero-order valence-corrected chi connectivity index (χ0v) is 16.4. The summed E-state index contributed by atoms with van der Waals surface area (Å²) in [6.07, 6.45) is 0. The van der Waals surface area contributed by atoms with Crippen LogP contribution in [0.3, 0.4) is 0 Å². The lowest BCUT2D eigenvalue weighted by molar-refractivity contribution is -0.159. The first-order chi connectivity index (χ1) is 14.3. The lowest BCUT2D eigenvalue weighted by atomic mass is 9.60. The number of carbonyl (C=O) groups is 5. The molecular weight excluding hydrogens is 388 g/mol. The first-order valence-electron chi connectivity index (χ1n) is 9.06. The van der Waals surface area contributed by atoms with Crippen molar-refractivity contribution in [3.05, 3.63) is 81.4 Å². The summed E-state index contributed by atoms with van der Waals surface area (Å²) in [5, 5.41) is 0. The molecule has 150 valence electrons.